The fraction of sp³-hybridized carbons (Fsp3) is 0.172. The van der Waals surface area contributed by atoms with Crippen LogP contribution >= 0.6 is 11.6 Å². The van der Waals surface area contributed by atoms with Gasteiger partial charge in [-0.05, 0) is 67.8 Å². The molecule has 35 heavy (non-hydrogen) atoms. The van der Waals surface area contributed by atoms with Gasteiger partial charge in [-0.15, -0.1) is 6.58 Å². The van der Waals surface area contributed by atoms with Gasteiger partial charge in [0.05, 0.1) is 23.2 Å². The Labute approximate surface area is 210 Å². The molecule has 0 amide bonds. The maximum atomic E-state index is 9.89. The Kier molecular flexibility index (Phi) is 7.54. The van der Waals surface area contributed by atoms with Crippen LogP contribution in [0.25, 0.3) is 22.7 Å². The highest BCUT2D eigenvalue weighted by Crippen LogP contribution is 2.36. The van der Waals surface area contributed by atoms with Crippen molar-refractivity contribution in [2.45, 2.75) is 26.9 Å². The van der Waals surface area contributed by atoms with Gasteiger partial charge in [-0.3, -0.25) is 0 Å². The lowest BCUT2D eigenvalue weighted by Gasteiger charge is -2.17. The van der Waals surface area contributed by atoms with Gasteiger partial charge in [0.15, 0.2) is 11.5 Å². The van der Waals surface area contributed by atoms with Crippen LogP contribution in [0.4, 0.5) is 0 Å². The largest absolute Gasteiger partial charge is 0.490 e. The second-order valence-electron chi connectivity index (χ2n) is 8.09. The number of nitrogens with one attached hydrogen (secondary N) is 1. The number of hydrogen-bond donors (Lipinski definition) is 1. The molecule has 0 radical (unpaired) electrons. The summed E-state index contributed by atoms with van der Waals surface area (Å²) in [6.07, 6.45) is 4.19. The van der Waals surface area contributed by atoms with Crippen LogP contribution in [0.1, 0.15) is 35.0 Å². The Balaban J connectivity index is 1.73. The minimum absolute atomic E-state index is 0.306. The molecular weight excluding hydrogens is 458 g/mol. The third kappa shape index (κ3) is 5.56. The van der Waals surface area contributed by atoms with Gasteiger partial charge >= 0.3 is 0 Å². The number of fused-ring (bicyclic) bond motifs is 1. The molecule has 1 aromatic heterocycles. The van der Waals surface area contributed by atoms with Gasteiger partial charge in [-0.2, -0.15) is 5.26 Å². The van der Waals surface area contributed by atoms with Crippen molar-refractivity contribution < 1.29 is 9.47 Å². The standard InChI is InChI=1S/C29H26ClN3O2/c1-4-8-21-14-20(15-23(17-31)29-32-25-12-11-19(3)13-26(25)33-29)16-27(34-5-2)28(21)35-18-22-9-6-7-10-24(22)30/h4,6-7,9-16H,1,5,8,18H2,2-3H3,(H,32,33). The van der Waals surface area contributed by atoms with Crippen LogP contribution in [0.2, 0.25) is 5.02 Å². The van der Waals surface area contributed by atoms with E-state index >= 15 is 0 Å². The zero-order valence-electron chi connectivity index (χ0n) is 19.8. The molecule has 0 saturated heterocycles. The summed E-state index contributed by atoms with van der Waals surface area (Å²) >= 11 is 6.31. The zero-order chi connectivity index (χ0) is 24.8. The van der Waals surface area contributed by atoms with E-state index in [1.165, 1.54) is 0 Å². The fourth-order valence-electron chi connectivity index (χ4n) is 3.84. The third-order valence-electron chi connectivity index (χ3n) is 5.47. The van der Waals surface area contributed by atoms with Crippen LogP contribution in [-0.2, 0) is 13.0 Å². The number of nitrogens with zero attached hydrogens (tertiary/aromatic N) is 2. The van der Waals surface area contributed by atoms with Gasteiger partial charge in [0, 0.05) is 16.1 Å². The molecule has 0 aliphatic heterocycles. The molecule has 0 atom stereocenters. The number of hydrogen-bond acceptors (Lipinski definition) is 4. The first-order valence-corrected chi connectivity index (χ1v) is 11.8. The molecule has 0 aliphatic rings. The molecule has 0 fully saturated rings. The molecule has 3 aromatic carbocycles. The highest BCUT2D eigenvalue weighted by molar-refractivity contribution is 6.31. The first-order valence-electron chi connectivity index (χ1n) is 11.4. The van der Waals surface area contributed by atoms with Crippen molar-refractivity contribution in [1.82, 2.24) is 9.97 Å². The molecule has 0 saturated carbocycles. The molecule has 6 heteroatoms. The van der Waals surface area contributed by atoms with Crippen LogP contribution in [0.15, 0.2) is 67.3 Å². The van der Waals surface area contributed by atoms with Gasteiger partial charge in [-0.25, -0.2) is 4.98 Å². The summed E-state index contributed by atoms with van der Waals surface area (Å²) < 4.78 is 12.1. The smallest absolute Gasteiger partial charge is 0.165 e. The van der Waals surface area contributed by atoms with Crippen molar-refractivity contribution in [3.05, 3.63) is 100 Å². The van der Waals surface area contributed by atoms with E-state index in [1.54, 1.807) is 6.08 Å². The van der Waals surface area contributed by atoms with Crippen molar-refractivity contribution in [2.75, 3.05) is 6.61 Å². The minimum Gasteiger partial charge on any atom is -0.490 e. The van der Waals surface area contributed by atoms with E-state index in [-0.39, 0.29) is 0 Å². The van der Waals surface area contributed by atoms with Gasteiger partial charge in [0.25, 0.3) is 0 Å². The molecule has 5 nitrogen and oxygen atoms in total. The topological polar surface area (TPSA) is 70.9 Å². The minimum atomic E-state index is 0.306. The Hall–Kier alpha value is -4.01. The maximum absolute atomic E-state index is 9.89. The van der Waals surface area contributed by atoms with Crippen molar-refractivity contribution >= 4 is 34.3 Å². The Morgan fingerprint density at radius 1 is 1.14 bits per heavy atom. The lowest BCUT2D eigenvalue weighted by Crippen LogP contribution is -2.04. The van der Waals surface area contributed by atoms with Gasteiger partial charge in [-0.1, -0.05) is 41.9 Å². The SMILES string of the molecule is C=CCc1cc(C=C(C#N)c2nc3ccc(C)cc3[nH]2)cc(OCC)c1OCc1ccccc1Cl. The molecule has 1 heterocycles. The highest BCUT2D eigenvalue weighted by Gasteiger charge is 2.15. The van der Waals surface area contributed by atoms with Crippen molar-refractivity contribution in [3.8, 4) is 17.6 Å². The number of aryl methyl sites for hydroxylation is 1. The average Bonchev–Trinajstić information content (AvgIpc) is 3.26. The van der Waals surface area contributed by atoms with Crippen LogP contribution in [-0.4, -0.2) is 16.6 Å². The summed E-state index contributed by atoms with van der Waals surface area (Å²) in [6.45, 7) is 8.61. The van der Waals surface area contributed by atoms with Crippen LogP contribution in [0, 0.1) is 18.3 Å². The number of imidazole rings is 1. The zero-order valence-corrected chi connectivity index (χ0v) is 20.5. The number of aromatic amines is 1. The summed E-state index contributed by atoms with van der Waals surface area (Å²) in [6, 6.07) is 19.7. The summed E-state index contributed by atoms with van der Waals surface area (Å²) in [4.78, 5) is 7.85. The highest BCUT2D eigenvalue weighted by atomic mass is 35.5. The normalized spacial score (nSPS) is 11.3. The molecule has 0 unspecified atom stereocenters. The number of H-pyrrole nitrogens is 1. The number of ether oxygens (including phenoxy) is 2. The Morgan fingerprint density at radius 2 is 1.97 bits per heavy atom. The van der Waals surface area contributed by atoms with E-state index in [9.17, 15) is 5.26 Å². The summed E-state index contributed by atoms with van der Waals surface area (Å²) in [7, 11) is 0. The fourth-order valence-corrected chi connectivity index (χ4v) is 4.03. The first kappa shape index (κ1) is 24.1. The predicted octanol–water partition coefficient (Wildman–Crippen LogP) is 7.30. The quantitative estimate of drug-likeness (QED) is 0.200. The molecule has 1 N–H and O–H groups in total. The number of allylic oxidation sites excluding steroid dienone is 2. The summed E-state index contributed by atoms with van der Waals surface area (Å²) in [5.41, 5.74) is 5.86. The van der Waals surface area contributed by atoms with Crippen molar-refractivity contribution in [3.63, 3.8) is 0 Å². The number of halogens is 1. The van der Waals surface area contributed by atoms with Gasteiger partial charge in [0.1, 0.15) is 18.5 Å². The summed E-state index contributed by atoms with van der Waals surface area (Å²) in [5, 5.41) is 10.5. The van der Waals surface area contributed by atoms with E-state index in [4.69, 9.17) is 21.1 Å². The Morgan fingerprint density at radius 3 is 2.71 bits per heavy atom. The van der Waals surface area contributed by atoms with E-state index < -0.39 is 0 Å². The second kappa shape index (κ2) is 10.9. The lowest BCUT2D eigenvalue weighted by molar-refractivity contribution is 0.267. The average molecular weight is 484 g/mol. The number of aromatic nitrogens is 2. The van der Waals surface area contributed by atoms with Crippen LogP contribution in [0.3, 0.4) is 0 Å². The summed E-state index contributed by atoms with van der Waals surface area (Å²) in [5.74, 6) is 1.76. The van der Waals surface area contributed by atoms with Crippen molar-refractivity contribution in [2.24, 2.45) is 0 Å². The second-order valence-corrected chi connectivity index (χ2v) is 8.50. The number of benzene rings is 3. The van der Waals surface area contributed by atoms with E-state index in [2.05, 4.69) is 22.6 Å². The maximum Gasteiger partial charge on any atom is 0.165 e. The molecule has 0 spiro atoms. The lowest BCUT2D eigenvalue weighted by atomic mass is 10.0. The monoisotopic (exact) mass is 483 g/mol. The van der Waals surface area contributed by atoms with Gasteiger partial charge < -0.3 is 14.5 Å². The molecular formula is C29H26ClN3O2. The van der Waals surface area contributed by atoms with E-state index in [0.717, 1.165) is 33.3 Å². The first-order chi connectivity index (χ1) is 17.0. The molecule has 0 bridgehead atoms. The molecule has 0 aliphatic carbocycles. The Bertz CT molecular complexity index is 1450. The number of rotatable bonds is 9. The predicted molar refractivity (Wildman–Crippen MR) is 142 cm³/mol. The molecule has 4 aromatic rings. The van der Waals surface area contributed by atoms with Crippen molar-refractivity contribution in [1.29, 1.82) is 5.26 Å². The molecule has 4 rings (SSSR count). The van der Waals surface area contributed by atoms with E-state index in [1.807, 2.05) is 74.5 Å². The third-order valence-corrected chi connectivity index (χ3v) is 5.84. The van der Waals surface area contributed by atoms with Crippen LogP contribution < -0.4 is 9.47 Å². The van der Waals surface area contributed by atoms with Gasteiger partial charge in [0.2, 0.25) is 0 Å². The number of nitriles is 1. The van der Waals surface area contributed by atoms with Crippen LogP contribution in [0.5, 0.6) is 11.5 Å². The van der Waals surface area contributed by atoms with E-state index in [0.29, 0.717) is 47.6 Å². The molecule has 176 valence electrons.